The number of hydrogen-bond acceptors (Lipinski definition) is 7. The minimum absolute atomic E-state index is 0.0153. The predicted molar refractivity (Wildman–Crippen MR) is 268 cm³/mol. The quantitative estimate of drug-likeness (QED) is 0.0352. The number of carbonyl (C=O) groups is 4. The number of esters is 2. The predicted octanol–water partition coefficient (Wildman–Crippen LogP) is 16.5. The second-order valence-corrected chi connectivity index (χ2v) is 20.5. The molecule has 0 bridgehead atoms. The largest absolute Gasteiger partial charge is 0.480 e. The van der Waals surface area contributed by atoms with E-state index in [0.29, 0.717) is 6.42 Å². The van der Waals surface area contributed by atoms with Crippen molar-refractivity contribution < 1.29 is 33.8 Å². The van der Waals surface area contributed by atoms with Crippen LogP contribution in [0.15, 0.2) is 0 Å². The van der Waals surface area contributed by atoms with Crippen molar-refractivity contribution in [3.63, 3.8) is 0 Å². The van der Waals surface area contributed by atoms with Crippen molar-refractivity contribution in [1.82, 2.24) is 5.32 Å². The molecule has 0 spiro atoms. The summed E-state index contributed by atoms with van der Waals surface area (Å²) in [6, 6.07) is -1.15. The van der Waals surface area contributed by atoms with E-state index in [4.69, 9.17) is 9.47 Å². The standard InChI is InChI=1S/C54H103NO7S/c1-5-8-11-14-17-20-23-26-29-32-35-38-41-44-50(56)55-49(53(59)60)47-63-54(4,62-52(58)46-43-40-37-34-31-28-25-22-19-16-13-10-7-3)48-61-51(57)45-42-39-36-33-30-27-24-21-18-15-12-9-6-2/h49H,5-48H2,1-4H3,(H,55,56)(H,59,60)/t49-,54-/m0/s1. The van der Waals surface area contributed by atoms with E-state index < -0.39 is 16.9 Å². The van der Waals surface area contributed by atoms with Crippen LogP contribution in [0.4, 0.5) is 0 Å². The molecule has 0 aliphatic carbocycles. The van der Waals surface area contributed by atoms with E-state index in [1.54, 1.807) is 6.92 Å². The maximum absolute atomic E-state index is 13.1. The summed E-state index contributed by atoms with van der Waals surface area (Å²) in [6.07, 6.45) is 48.4. The molecule has 0 aromatic heterocycles. The summed E-state index contributed by atoms with van der Waals surface area (Å²) in [4.78, 5) is 49.7. The minimum atomic E-state index is -1.27. The number of aliphatic carboxylic acids is 1. The molecule has 0 radical (unpaired) electrons. The molecule has 2 atom stereocenters. The molecule has 8 nitrogen and oxygen atoms in total. The van der Waals surface area contributed by atoms with Crippen molar-refractivity contribution in [1.29, 1.82) is 0 Å². The fourth-order valence-corrected chi connectivity index (χ4v) is 9.29. The van der Waals surface area contributed by atoms with Gasteiger partial charge in [-0.15, -0.1) is 11.8 Å². The van der Waals surface area contributed by atoms with Gasteiger partial charge in [0.1, 0.15) is 12.6 Å². The van der Waals surface area contributed by atoms with E-state index in [0.717, 1.165) is 69.5 Å². The molecule has 0 saturated heterocycles. The summed E-state index contributed by atoms with van der Waals surface area (Å²) in [6.45, 7) is 8.28. The zero-order valence-corrected chi connectivity index (χ0v) is 42.8. The molecule has 0 heterocycles. The number of ether oxygens (including phenoxy) is 2. The van der Waals surface area contributed by atoms with Crippen LogP contribution in [0.5, 0.6) is 0 Å². The van der Waals surface area contributed by atoms with Gasteiger partial charge < -0.3 is 19.9 Å². The van der Waals surface area contributed by atoms with Gasteiger partial charge in [-0.1, -0.05) is 252 Å². The Morgan fingerprint density at radius 3 is 1.05 bits per heavy atom. The normalized spacial score (nSPS) is 12.8. The number of carboxylic acid groups (broad SMARTS) is 1. The molecule has 63 heavy (non-hydrogen) atoms. The molecule has 0 saturated carbocycles. The number of carboxylic acids is 1. The molecule has 2 N–H and O–H groups in total. The van der Waals surface area contributed by atoms with Gasteiger partial charge in [-0.2, -0.15) is 0 Å². The molecular formula is C54H103NO7S. The summed E-state index contributed by atoms with van der Waals surface area (Å²) >= 11 is 1.11. The van der Waals surface area contributed by atoms with E-state index in [1.807, 2.05) is 0 Å². The zero-order chi connectivity index (χ0) is 46.3. The highest BCUT2D eigenvalue weighted by atomic mass is 32.2. The third-order valence-electron chi connectivity index (χ3n) is 12.5. The lowest BCUT2D eigenvalue weighted by atomic mass is 10.0. The minimum Gasteiger partial charge on any atom is -0.480 e. The number of rotatable bonds is 50. The third kappa shape index (κ3) is 43.9. The first kappa shape index (κ1) is 61.2. The highest BCUT2D eigenvalue weighted by Gasteiger charge is 2.34. The lowest BCUT2D eigenvalue weighted by Crippen LogP contribution is -2.44. The first-order valence-corrected chi connectivity index (χ1v) is 28.2. The second kappa shape index (κ2) is 46.7. The summed E-state index contributed by atoms with van der Waals surface area (Å²) in [5, 5.41) is 12.7. The molecule has 0 unspecified atom stereocenters. The van der Waals surface area contributed by atoms with Crippen molar-refractivity contribution in [2.24, 2.45) is 0 Å². The molecule has 0 aliphatic rings. The Morgan fingerprint density at radius 1 is 0.444 bits per heavy atom. The van der Waals surface area contributed by atoms with Crippen LogP contribution in [0.2, 0.25) is 0 Å². The van der Waals surface area contributed by atoms with Gasteiger partial charge in [0, 0.05) is 25.0 Å². The molecule has 9 heteroatoms. The van der Waals surface area contributed by atoms with Gasteiger partial charge >= 0.3 is 17.9 Å². The number of hydrogen-bond donors (Lipinski definition) is 2. The topological polar surface area (TPSA) is 119 Å². The monoisotopic (exact) mass is 910 g/mol. The Hall–Kier alpha value is -1.77. The van der Waals surface area contributed by atoms with Gasteiger partial charge in [0.25, 0.3) is 0 Å². The van der Waals surface area contributed by atoms with Crippen LogP contribution in [0, 0.1) is 0 Å². The smallest absolute Gasteiger partial charge is 0.327 e. The highest BCUT2D eigenvalue weighted by Crippen LogP contribution is 2.29. The van der Waals surface area contributed by atoms with Crippen molar-refractivity contribution in [3.8, 4) is 0 Å². The molecule has 0 aromatic rings. The first-order chi connectivity index (χ1) is 30.7. The molecular weight excluding hydrogens is 807 g/mol. The maximum atomic E-state index is 13.1. The van der Waals surface area contributed by atoms with Crippen LogP contribution in [0.25, 0.3) is 0 Å². The Labute approximate surface area is 393 Å². The van der Waals surface area contributed by atoms with Crippen LogP contribution in [-0.2, 0) is 28.7 Å². The number of carbonyl (C=O) groups excluding carboxylic acids is 3. The lowest BCUT2D eigenvalue weighted by molar-refractivity contribution is -0.161. The van der Waals surface area contributed by atoms with Crippen molar-refractivity contribution in [2.75, 3.05) is 12.4 Å². The van der Waals surface area contributed by atoms with Gasteiger partial charge in [-0.25, -0.2) is 4.79 Å². The van der Waals surface area contributed by atoms with Crippen LogP contribution in [-0.4, -0.2) is 52.3 Å². The van der Waals surface area contributed by atoms with Gasteiger partial charge in [-0.05, 0) is 26.2 Å². The Bertz CT molecular complexity index is 1060. The summed E-state index contributed by atoms with van der Waals surface area (Å²) < 4.78 is 11.6. The fourth-order valence-electron chi connectivity index (χ4n) is 8.25. The second-order valence-electron chi connectivity index (χ2n) is 19.0. The Morgan fingerprint density at radius 2 is 0.730 bits per heavy atom. The molecule has 1 amide bonds. The average molecular weight is 910 g/mol. The van der Waals surface area contributed by atoms with E-state index in [-0.39, 0.29) is 43.0 Å². The van der Waals surface area contributed by atoms with Crippen LogP contribution >= 0.6 is 11.8 Å². The van der Waals surface area contributed by atoms with Crippen LogP contribution < -0.4 is 5.32 Å². The number of amides is 1. The number of nitrogens with one attached hydrogen (secondary N) is 1. The van der Waals surface area contributed by atoms with Crippen LogP contribution in [0.3, 0.4) is 0 Å². The average Bonchev–Trinajstić information content (AvgIpc) is 3.26. The van der Waals surface area contributed by atoms with E-state index in [9.17, 15) is 24.3 Å². The molecule has 0 rings (SSSR count). The Kier molecular flexibility index (Phi) is 45.4. The van der Waals surface area contributed by atoms with Crippen molar-refractivity contribution in [2.45, 2.75) is 308 Å². The molecule has 372 valence electrons. The van der Waals surface area contributed by atoms with Gasteiger partial charge in [0.15, 0.2) is 4.93 Å². The van der Waals surface area contributed by atoms with E-state index in [1.165, 1.54) is 193 Å². The lowest BCUT2D eigenvalue weighted by Gasteiger charge is -2.29. The van der Waals surface area contributed by atoms with Gasteiger partial charge in [-0.3, -0.25) is 14.4 Å². The third-order valence-corrected chi connectivity index (χ3v) is 13.8. The molecule has 0 aliphatic heterocycles. The first-order valence-electron chi connectivity index (χ1n) is 27.2. The van der Waals surface area contributed by atoms with E-state index in [2.05, 4.69) is 26.1 Å². The molecule has 0 fully saturated rings. The maximum Gasteiger partial charge on any atom is 0.327 e. The summed E-state index contributed by atoms with van der Waals surface area (Å²) in [5.74, 6) is -2.14. The zero-order valence-electron chi connectivity index (χ0n) is 42.0. The van der Waals surface area contributed by atoms with Gasteiger partial charge in [0.2, 0.25) is 5.91 Å². The fraction of sp³-hybridized carbons (Fsp3) is 0.926. The SMILES string of the molecule is CCCCCCCCCCCCCCCC(=O)N[C@@H](CS[C@@](C)(COC(=O)CCCCCCCCCCCCCCC)OC(=O)CCCCCCCCCCCCCCC)C(=O)O. The van der Waals surface area contributed by atoms with E-state index >= 15 is 0 Å². The van der Waals surface area contributed by atoms with Crippen LogP contribution in [0.1, 0.15) is 297 Å². The number of thioether (sulfide) groups is 1. The molecule has 0 aromatic carbocycles. The highest BCUT2D eigenvalue weighted by molar-refractivity contribution is 8.00. The Balaban J connectivity index is 4.76. The van der Waals surface area contributed by atoms with Gasteiger partial charge in [0.05, 0.1) is 0 Å². The summed E-state index contributed by atoms with van der Waals surface area (Å²) in [5.41, 5.74) is 0. The van der Waals surface area contributed by atoms with Crippen molar-refractivity contribution >= 4 is 35.6 Å². The number of unbranched alkanes of at least 4 members (excludes halogenated alkanes) is 36. The van der Waals surface area contributed by atoms with Crippen molar-refractivity contribution in [3.05, 3.63) is 0 Å². The summed E-state index contributed by atoms with van der Waals surface area (Å²) in [7, 11) is 0.